The molecule has 2 aromatic heterocycles. The predicted octanol–water partition coefficient (Wildman–Crippen LogP) is 1.14. The van der Waals surface area contributed by atoms with Crippen molar-refractivity contribution in [2.75, 3.05) is 0 Å². The molecular weight excluding hydrogens is 152 g/mol. The van der Waals surface area contributed by atoms with Crippen LogP contribution in [0.15, 0.2) is 24.4 Å². The summed E-state index contributed by atoms with van der Waals surface area (Å²) in [6.45, 7) is 1.99. The zero-order valence-corrected chi connectivity index (χ0v) is 6.86. The van der Waals surface area contributed by atoms with Crippen LogP contribution in [0.4, 0.5) is 0 Å². The monoisotopic (exact) mass is 162 g/mol. The highest BCUT2D eigenvalue weighted by atomic mass is 16.3. The molecule has 0 aliphatic heterocycles. The molecule has 3 nitrogen and oxygen atoms in total. The normalized spacial score (nSPS) is 10.8. The molecule has 1 N–H and O–H groups in total. The van der Waals surface area contributed by atoms with Crippen molar-refractivity contribution in [3.8, 4) is 0 Å². The van der Waals surface area contributed by atoms with Crippen LogP contribution in [0.25, 0.3) is 5.65 Å². The average molecular weight is 162 g/mol. The molecule has 0 saturated heterocycles. The van der Waals surface area contributed by atoms with Crippen molar-refractivity contribution in [2.24, 2.45) is 0 Å². The summed E-state index contributed by atoms with van der Waals surface area (Å²) < 4.78 is 1.90. The summed E-state index contributed by atoms with van der Waals surface area (Å²) in [6, 6.07) is 5.70. The SMILES string of the molecule is Cc1cn2c(CO)cccc2n1. The maximum atomic E-state index is 9.00. The number of hydrogen-bond donors (Lipinski definition) is 1. The molecule has 0 fully saturated rings. The zero-order valence-electron chi connectivity index (χ0n) is 6.86. The lowest BCUT2D eigenvalue weighted by Crippen LogP contribution is -1.93. The molecule has 0 spiro atoms. The van der Waals surface area contributed by atoms with E-state index in [0.29, 0.717) is 0 Å². The van der Waals surface area contributed by atoms with Gasteiger partial charge in [0.25, 0.3) is 0 Å². The van der Waals surface area contributed by atoms with Crippen LogP contribution in [0.3, 0.4) is 0 Å². The first-order valence-corrected chi connectivity index (χ1v) is 3.86. The Morgan fingerprint density at radius 2 is 2.33 bits per heavy atom. The van der Waals surface area contributed by atoms with E-state index < -0.39 is 0 Å². The summed E-state index contributed by atoms with van der Waals surface area (Å²) in [5, 5.41) is 9.00. The number of aliphatic hydroxyl groups is 1. The number of hydrogen-bond acceptors (Lipinski definition) is 2. The van der Waals surface area contributed by atoms with E-state index in [1.54, 1.807) is 0 Å². The molecule has 3 heteroatoms. The maximum Gasteiger partial charge on any atom is 0.137 e. The van der Waals surface area contributed by atoms with Gasteiger partial charge in [-0.05, 0) is 19.1 Å². The zero-order chi connectivity index (χ0) is 8.55. The van der Waals surface area contributed by atoms with Gasteiger partial charge in [0, 0.05) is 11.9 Å². The summed E-state index contributed by atoms with van der Waals surface area (Å²) in [5.74, 6) is 0. The van der Waals surface area contributed by atoms with E-state index in [0.717, 1.165) is 17.0 Å². The van der Waals surface area contributed by atoms with Crippen LogP contribution < -0.4 is 0 Å². The van der Waals surface area contributed by atoms with E-state index in [4.69, 9.17) is 5.11 Å². The van der Waals surface area contributed by atoms with Gasteiger partial charge in [0.05, 0.1) is 12.3 Å². The Morgan fingerprint density at radius 3 is 3.08 bits per heavy atom. The highest BCUT2D eigenvalue weighted by Gasteiger charge is 2.00. The molecule has 0 saturated carbocycles. The van der Waals surface area contributed by atoms with Gasteiger partial charge >= 0.3 is 0 Å². The number of imidazole rings is 1. The van der Waals surface area contributed by atoms with Crippen molar-refractivity contribution in [1.82, 2.24) is 9.38 Å². The van der Waals surface area contributed by atoms with Gasteiger partial charge in [-0.15, -0.1) is 0 Å². The molecule has 0 bridgehead atoms. The smallest absolute Gasteiger partial charge is 0.137 e. The molecule has 12 heavy (non-hydrogen) atoms. The van der Waals surface area contributed by atoms with Gasteiger partial charge in [-0.25, -0.2) is 4.98 Å². The van der Waals surface area contributed by atoms with Crippen LogP contribution in [0.2, 0.25) is 0 Å². The topological polar surface area (TPSA) is 37.5 Å². The third-order valence-electron chi connectivity index (χ3n) is 1.86. The summed E-state index contributed by atoms with van der Waals surface area (Å²) in [5.41, 5.74) is 2.73. The van der Waals surface area contributed by atoms with Crippen LogP contribution in [0, 0.1) is 6.92 Å². The van der Waals surface area contributed by atoms with E-state index in [9.17, 15) is 0 Å². The molecule has 0 aliphatic rings. The average Bonchev–Trinajstić information content (AvgIpc) is 2.44. The number of aromatic nitrogens is 2. The van der Waals surface area contributed by atoms with Gasteiger partial charge < -0.3 is 9.51 Å². The molecule has 0 unspecified atom stereocenters. The molecule has 2 aromatic rings. The first kappa shape index (κ1) is 7.31. The third kappa shape index (κ3) is 0.987. The standard InChI is InChI=1S/C9H10N2O/c1-7-5-11-8(6-12)3-2-4-9(11)10-7/h2-5,12H,6H2,1H3. The number of nitrogens with zero attached hydrogens (tertiary/aromatic N) is 2. The first-order valence-electron chi connectivity index (χ1n) is 3.86. The second-order valence-corrected chi connectivity index (χ2v) is 2.79. The number of rotatable bonds is 1. The minimum absolute atomic E-state index is 0.0487. The van der Waals surface area contributed by atoms with E-state index in [1.807, 2.05) is 35.7 Å². The number of fused-ring (bicyclic) bond motifs is 1. The Balaban J connectivity index is 2.78. The minimum Gasteiger partial charge on any atom is -0.390 e. The van der Waals surface area contributed by atoms with Crippen molar-refractivity contribution in [3.63, 3.8) is 0 Å². The highest BCUT2D eigenvalue weighted by molar-refractivity contribution is 5.41. The fourth-order valence-electron chi connectivity index (χ4n) is 1.32. The van der Waals surface area contributed by atoms with Crippen LogP contribution in [-0.2, 0) is 6.61 Å². The van der Waals surface area contributed by atoms with Gasteiger partial charge in [0.2, 0.25) is 0 Å². The lowest BCUT2D eigenvalue weighted by molar-refractivity contribution is 0.275. The third-order valence-corrected chi connectivity index (χ3v) is 1.86. The van der Waals surface area contributed by atoms with Crippen molar-refractivity contribution < 1.29 is 5.11 Å². The molecule has 2 heterocycles. The van der Waals surface area contributed by atoms with Crippen molar-refractivity contribution in [2.45, 2.75) is 13.5 Å². The lowest BCUT2D eigenvalue weighted by Gasteiger charge is -1.99. The fraction of sp³-hybridized carbons (Fsp3) is 0.222. The molecule has 2 rings (SSSR count). The second kappa shape index (κ2) is 2.60. The van der Waals surface area contributed by atoms with E-state index in [-0.39, 0.29) is 6.61 Å². The second-order valence-electron chi connectivity index (χ2n) is 2.79. The fourth-order valence-corrected chi connectivity index (χ4v) is 1.32. The van der Waals surface area contributed by atoms with Gasteiger partial charge in [0.1, 0.15) is 5.65 Å². The van der Waals surface area contributed by atoms with Gasteiger partial charge in [-0.3, -0.25) is 0 Å². The number of aryl methyl sites for hydroxylation is 1. The summed E-state index contributed by atoms with van der Waals surface area (Å²) in [4.78, 5) is 4.27. The van der Waals surface area contributed by atoms with Crippen molar-refractivity contribution in [1.29, 1.82) is 0 Å². The number of aliphatic hydroxyl groups excluding tert-OH is 1. The lowest BCUT2D eigenvalue weighted by atomic mass is 10.3. The summed E-state index contributed by atoms with van der Waals surface area (Å²) in [7, 11) is 0. The largest absolute Gasteiger partial charge is 0.390 e. The number of pyridine rings is 1. The van der Waals surface area contributed by atoms with Gasteiger partial charge in [-0.2, -0.15) is 0 Å². The molecular formula is C9H10N2O. The van der Waals surface area contributed by atoms with E-state index >= 15 is 0 Å². The molecule has 0 atom stereocenters. The quantitative estimate of drug-likeness (QED) is 0.682. The maximum absolute atomic E-state index is 9.00. The minimum atomic E-state index is 0.0487. The molecule has 0 aliphatic carbocycles. The van der Waals surface area contributed by atoms with Gasteiger partial charge in [0.15, 0.2) is 0 Å². The van der Waals surface area contributed by atoms with Crippen molar-refractivity contribution >= 4 is 5.65 Å². The predicted molar refractivity (Wildman–Crippen MR) is 45.9 cm³/mol. The van der Waals surface area contributed by atoms with Crippen LogP contribution >= 0.6 is 0 Å². The van der Waals surface area contributed by atoms with E-state index in [1.165, 1.54) is 0 Å². The Kier molecular flexibility index (Phi) is 1.59. The highest BCUT2D eigenvalue weighted by Crippen LogP contribution is 2.07. The van der Waals surface area contributed by atoms with Crippen LogP contribution in [0.5, 0.6) is 0 Å². The first-order chi connectivity index (χ1) is 5.81. The Labute approximate surface area is 70.3 Å². The summed E-state index contributed by atoms with van der Waals surface area (Å²) in [6.07, 6.45) is 1.92. The molecule has 0 aromatic carbocycles. The van der Waals surface area contributed by atoms with Crippen LogP contribution in [0.1, 0.15) is 11.4 Å². The van der Waals surface area contributed by atoms with Crippen molar-refractivity contribution in [3.05, 3.63) is 35.8 Å². The van der Waals surface area contributed by atoms with Crippen LogP contribution in [-0.4, -0.2) is 14.5 Å². The molecule has 62 valence electrons. The Morgan fingerprint density at radius 1 is 1.50 bits per heavy atom. The van der Waals surface area contributed by atoms with Gasteiger partial charge in [-0.1, -0.05) is 6.07 Å². The molecule has 0 amide bonds. The molecule has 0 radical (unpaired) electrons. The van der Waals surface area contributed by atoms with E-state index in [2.05, 4.69) is 4.98 Å². The summed E-state index contributed by atoms with van der Waals surface area (Å²) >= 11 is 0. The Bertz CT molecular complexity index is 406. The Hall–Kier alpha value is -1.35.